The Morgan fingerprint density at radius 1 is 1.48 bits per heavy atom. The lowest BCUT2D eigenvalue weighted by molar-refractivity contribution is -0.385. The number of nitro benzene ring substituents is 1. The third kappa shape index (κ3) is 3.91. The number of nitrogens with zero attached hydrogens (tertiary/aromatic N) is 1. The van der Waals surface area contributed by atoms with Gasteiger partial charge in [0.15, 0.2) is 0 Å². The normalized spacial score (nSPS) is 11.5. The van der Waals surface area contributed by atoms with Crippen LogP contribution in [-0.4, -0.2) is 35.1 Å². The Kier molecular flexibility index (Phi) is 5.65. The van der Waals surface area contributed by atoms with Gasteiger partial charge in [-0.3, -0.25) is 14.9 Å². The van der Waals surface area contributed by atoms with Crippen LogP contribution in [0.3, 0.4) is 0 Å². The van der Waals surface area contributed by atoms with Gasteiger partial charge in [0.2, 0.25) is 5.75 Å². The highest BCUT2D eigenvalue weighted by Crippen LogP contribution is 2.30. The summed E-state index contributed by atoms with van der Waals surface area (Å²) < 4.78 is 4.91. The predicted molar refractivity (Wildman–Crippen MR) is 73.4 cm³/mol. The number of para-hydroxylation sites is 1. The fourth-order valence-corrected chi connectivity index (χ4v) is 1.84. The van der Waals surface area contributed by atoms with Crippen molar-refractivity contribution in [2.75, 3.05) is 7.11 Å². The van der Waals surface area contributed by atoms with Crippen LogP contribution < -0.4 is 10.1 Å². The molecule has 1 atom stereocenters. The van der Waals surface area contributed by atoms with Crippen molar-refractivity contribution in [2.24, 2.45) is 0 Å². The first-order chi connectivity index (χ1) is 9.92. The molecule has 0 saturated carbocycles. The zero-order valence-electron chi connectivity index (χ0n) is 11.7. The zero-order valence-corrected chi connectivity index (χ0v) is 11.7. The van der Waals surface area contributed by atoms with Crippen LogP contribution in [-0.2, 0) is 4.79 Å². The monoisotopic (exact) mass is 296 g/mol. The molecule has 0 aromatic heterocycles. The summed E-state index contributed by atoms with van der Waals surface area (Å²) in [5.74, 6) is -2.08. The van der Waals surface area contributed by atoms with Gasteiger partial charge in [0.25, 0.3) is 5.91 Å². The minimum Gasteiger partial charge on any atom is -0.490 e. The highest BCUT2D eigenvalue weighted by atomic mass is 16.6. The molecule has 0 aliphatic heterocycles. The predicted octanol–water partition coefficient (Wildman–Crippen LogP) is 1.59. The molecule has 21 heavy (non-hydrogen) atoms. The fraction of sp³-hybridized carbons (Fsp3) is 0.385. The number of rotatable bonds is 7. The number of carboxylic acids is 1. The van der Waals surface area contributed by atoms with E-state index in [1.54, 1.807) is 6.92 Å². The van der Waals surface area contributed by atoms with Gasteiger partial charge in [-0.15, -0.1) is 0 Å². The molecular formula is C13H16N2O6. The van der Waals surface area contributed by atoms with Crippen LogP contribution in [0.4, 0.5) is 5.69 Å². The van der Waals surface area contributed by atoms with Gasteiger partial charge in [-0.1, -0.05) is 19.4 Å². The minimum atomic E-state index is -1.16. The topological polar surface area (TPSA) is 119 Å². The van der Waals surface area contributed by atoms with Crippen LogP contribution in [0.25, 0.3) is 0 Å². The summed E-state index contributed by atoms with van der Waals surface area (Å²) in [7, 11) is 1.21. The number of nitro groups is 1. The standard InChI is InChI=1S/C13H16N2O6/c1-3-5-9(13(17)18)14-12(16)8-6-4-7-10(15(19)20)11(8)21-2/h4,6-7,9H,3,5H2,1-2H3,(H,14,16)(H,17,18)/t9-/m1/s1. The lowest BCUT2D eigenvalue weighted by atomic mass is 10.1. The van der Waals surface area contributed by atoms with Gasteiger partial charge < -0.3 is 15.2 Å². The van der Waals surface area contributed by atoms with Crippen LogP contribution in [0.15, 0.2) is 18.2 Å². The third-order valence-corrected chi connectivity index (χ3v) is 2.82. The summed E-state index contributed by atoms with van der Waals surface area (Å²) in [6, 6.07) is 2.83. The Morgan fingerprint density at radius 2 is 2.14 bits per heavy atom. The largest absolute Gasteiger partial charge is 0.490 e. The second-order valence-electron chi connectivity index (χ2n) is 4.27. The molecule has 0 radical (unpaired) electrons. The summed E-state index contributed by atoms with van der Waals surface area (Å²) in [5.41, 5.74) is -0.429. The van der Waals surface area contributed by atoms with Crippen molar-refractivity contribution in [1.29, 1.82) is 0 Å². The van der Waals surface area contributed by atoms with E-state index in [1.807, 2.05) is 0 Å². The molecule has 1 rings (SSSR count). The smallest absolute Gasteiger partial charge is 0.326 e. The number of ether oxygens (including phenoxy) is 1. The van der Waals surface area contributed by atoms with Gasteiger partial charge in [0, 0.05) is 6.07 Å². The van der Waals surface area contributed by atoms with Gasteiger partial charge >= 0.3 is 11.7 Å². The van der Waals surface area contributed by atoms with Crippen molar-refractivity contribution in [1.82, 2.24) is 5.32 Å². The lowest BCUT2D eigenvalue weighted by Gasteiger charge is -2.14. The number of amides is 1. The Balaban J connectivity index is 3.09. The molecule has 1 aromatic carbocycles. The number of carbonyl (C=O) groups is 2. The number of benzene rings is 1. The molecule has 114 valence electrons. The number of carboxylic acid groups (broad SMARTS) is 1. The highest BCUT2D eigenvalue weighted by Gasteiger charge is 2.25. The molecule has 0 spiro atoms. The van der Waals surface area contributed by atoms with Crippen molar-refractivity contribution in [3.63, 3.8) is 0 Å². The molecule has 0 saturated heterocycles. The van der Waals surface area contributed by atoms with Gasteiger partial charge in [0.05, 0.1) is 17.6 Å². The molecule has 1 aromatic rings. The average molecular weight is 296 g/mol. The van der Waals surface area contributed by atoms with E-state index >= 15 is 0 Å². The van der Waals surface area contributed by atoms with Gasteiger partial charge in [0.1, 0.15) is 6.04 Å². The van der Waals surface area contributed by atoms with E-state index < -0.39 is 22.8 Å². The number of aliphatic carboxylic acids is 1. The Labute approximate surface area is 120 Å². The van der Waals surface area contributed by atoms with Crippen molar-refractivity contribution >= 4 is 17.6 Å². The zero-order chi connectivity index (χ0) is 16.0. The number of hydrogen-bond donors (Lipinski definition) is 2. The molecule has 0 aliphatic carbocycles. The van der Waals surface area contributed by atoms with Crippen molar-refractivity contribution in [2.45, 2.75) is 25.8 Å². The third-order valence-electron chi connectivity index (χ3n) is 2.82. The number of nitrogens with one attached hydrogen (secondary N) is 1. The maximum absolute atomic E-state index is 12.1. The first-order valence-corrected chi connectivity index (χ1v) is 6.27. The Bertz CT molecular complexity index is 558. The van der Waals surface area contributed by atoms with Gasteiger partial charge in [-0.25, -0.2) is 4.79 Å². The molecule has 1 amide bonds. The first kappa shape index (κ1) is 16.4. The van der Waals surface area contributed by atoms with E-state index in [9.17, 15) is 19.7 Å². The van der Waals surface area contributed by atoms with Crippen molar-refractivity contribution < 1.29 is 24.4 Å². The van der Waals surface area contributed by atoms with Gasteiger partial charge in [-0.2, -0.15) is 0 Å². The van der Waals surface area contributed by atoms with Crippen LogP contribution in [0, 0.1) is 10.1 Å². The van der Waals surface area contributed by atoms with Crippen LogP contribution in [0.5, 0.6) is 5.75 Å². The summed E-state index contributed by atoms with van der Waals surface area (Å²) in [5, 5.41) is 22.2. The molecule has 8 nitrogen and oxygen atoms in total. The number of methoxy groups -OCH3 is 1. The molecule has 8 heteroatoms. The molecule has 2 N–H and O–H groups in total. The Morgan fingerprint density at radius 3 is 2.62 bits per heavy atom. The van der Waals surface area contributed by atoms with Gasteiger partial charge in [-0.05, 0) is 12.5 Å². The van der Waals surface area contributed by atoms with E-state index in [1.165, 1.54) is 25.3 Å². The lowest BCUT2D eigenvalue weighted by Crippen LogP contribution is -2.40. The molecular weight excluding hydrogens is 280 g/mol. The van der Waals surface area contributed by atoms with E-state index in [4.69, 9.17) is 9.84 Å². The molecule has 0 unspecified atom stereocenters. The first-order valence-electron chi connectivity index (χ1n) is 6.27. The highest BCUT2D eigenvalue weighted by molar-refractivity contribution is 6.00. The summed E-state index contributed by atoms with van der Waals surface area (Å²) >= 11 is 0. The summed E-state index contributed by atoms with van der Waals surface area (Å²) in [4.78, 5) is 33.4. The Hall–Kier alpha value is -2.64. The van der Waals surface area contributed by atoms with Crippen LogP contribution in [0.1, 0.15) is 30.1 Å². The number of hydrogen-bond acceptors (Lipinski definition) is 5. The average Bonchev–Trinajstić information content (AvgIpc) is 2.45. The van der Waals surface area contributed by atoms with Crippen molar-refractivity contribution in [3.05, 3.63) is 33.9 Å². The van der Waals surface area contributed by atoms with Crippen LogP contribution >= 0.6 is 0 Å². The molecule has 0 heterocycles. The molecule has 0 fully saturated rings. The second-order valence-corrected chi connectivity index (χ2v) is 4.27. The summed E-state index contributed by atoms with van der Waals surface area (Å²) in [6.07, 6.45) is 0.835. The summed E-state index contributed by atoms with van der Waals surface area (Å²) in [6.45, 7) is 1.79. The second kappa shape index (κ2) is 7.22. The van der Waals surface area contributed by atoms with E-state index in [2.05, 4.69) is 5.32 Å². The maximum Gasteiger partial charge on any atom is 0.326 e. The maximum atomic E-state index is 12.1. The van der Waals surface area contributed by atoms with E-state index in [0.717, 1.165) is 0 Å². The molecule has 0 bridgehead atoms. The number of carbonyl (C=O) groups excluding carboxylic acids is 1. The quantitative estimate of drug-likeness (QED) is 0.582. The minimum absolute atomic E-state index is 0.0750. The molecule has 0 aliphatic rings. The van der Waals surface area contributed by atoms with Crippen LogP contribution in [0.2, 0.25) is 0 Å². The fourth-order valence-electron chi connectivity index (χ4n) is 1.84. The van der Waals surface area contributed by atoms with E-state index in [-0.39, 0.29) is 23.4 Å². The van der Waals surface area contributed by atoms with E-state index in [0.29, 0.717) is 6.42 Å². The van der Waals surface area contributed by atoms with Crippen molar-refractivity contribution in [3.8, 4) is 5.75 Å². The SMILES string of the molecule is CCC[C@@H](NC(=O)c1cccc([N+](=O)[O-])c1OC)C(=O)O.